The summed E-state index contributed by atoms with van der Waals surface area (Å²) in [5.41, 5.74) is 2.04. The molecule has 0 aromatic heterocycles. The van der Waals surface area contributed by atoms with Crippen LogP contribution in [-0.2, 0) is 0 Å². The first-order chi connectivity index (χ1) is 15.3. The number of halogens is 1. The van der Waals surface area contributed by atoms with Gasteiger partial charge in [-0.25, -0.2) is 9.98 Å². The third-order valence-electron chi connectivity index (χ3n) is 5.80. The number of amidine groups is 2. The zero-order valence-corrected chi connectivity index (χ0v) is 17.3. The number of benzene rings is 5. The number of aliphatic imine (C=N–C) groups is 2. The molecule has 1 heterocycles. The van der Waals surface area contributed by atoms with Crippen LogP contribution in [0.2, 0.25) is 0 Å². The first-order valence-corrected chi connectivity index (χ1v) is 10.6. The molecule has 1 N–H and O–H groups in total. The summed E-state index contributed by atoms with van der Waals surface area (Å²) < 4.78 is 0. The van der Waals surface area contributed by atoms with E-state index in [-0.39, 0.29) is 0 Å². The highest BCUT2D eigenvalue weighted by atomic mass is 35.5. The van der Waals surface area contributed by atoms with Crippen LogP contribution in [0.4, 0.5) is 0 Å². The van der Waals surface area contributed by atoms with Crippen LogP contribution in [0.15, 0.2) is 107 Å². The minimum atomic E-state index is -0.390. The summed E-state index contributed by atoms with van der Waals surface area (Å²) in [6.45, 7) is 0. The van der Waals surface area contributed by atoms with Crippen molar-refractivity contribution >= 4 is 55.0 Å². The molecule has 1 aliphatic rings. The van der Waals surface area contributed by atoms with E-state index in [9.17, 15) is 0 Å². The Bertz CT molecular complexity index is 1530. The number of nitrogens with zero attached hydrogens (tertiary/aromatic N) is 2. The second-order valence-electron chi connectivity index (χ2n) is 7.69. The minimum absolute atomic E-state index is 0.348. The lowest BCUT2D eigenvalue weighted by Gasteiger charge is -2.21. The molecule has 1 atom stereocenters. The summed E-state index contributed by atoms with van der Waals surface area (Å²) in [6, 6.07) is 33.6. The first-order valence-electron chi connectivity index (χ1n) is 10.2. The second kappa shape index (κ2) is 7.22. The molecular formula is C27H18ClN3. The topological polar surface area (TPSA) is 36.8 Å². The third-order valence-corrected chi connectivity index (χ3v) is 6.00. The summed E-state index contributed by atoms with van der Waals surface area (Å²) in [7, 11) is 0. The Morgan fingerprint density at radius 3 is 2.13 bits per heavy atom. The largest absolute Gasteiger partial charge is 0.315 e. The van der Waals surface area contributed by atoms with Gasteiger partial charge in [-0.2, -0.15) is 0 Å². The van der Waals surface area contributed by atoms with Gasteiger partial charge in [0.05, 0.1) is 0 Å². The standard InChI is InChI=1S/C27H18ClN3/c28-27-30-25(20-14-13-17-7-1-2-8-18(17)15-20)29-26(31-27)24-16-19-9-3-4-10-21(19)22-11-5-6-12-23(22)24/h1-16,25H,(H,29,30,31). The van der Waals surface area contributed by atoms with Gasteiger partial charge in [-0.1, -0.05) is 84.9 Å². The minimum Gasteiger partial charge on any atom is -0.315 e. The summed E-state index contributed by atoms with van der Waals surface area (Å²) >= 11 is 6.45. The molecule has 5 aromatic carbocycles. The van der Waals surface area contributed by atoms with Crippen LogP contribution >= 0.6 is 11.6 Å². The van der Waals surface area contributed by atoms with Crippen LogP contribution < -0.4 is 5.32 Å². The van der Waals surface area contributed by atoms with E-state index in [0.29, 0.717) is 5.29 Å². The van der Waals surface area contributed by atoms with Crippen LogP contribution in [0.25, 0.3) is 32.3 Å². The molecular weight excluding hydrogens is 402 g/mol. The molecule has 0 amide bonds. The molecule has 6 rings (SSSR count). The maximum absolute atomic E-state index is 6.45. The van der Waals surface area contributed by atoms with Crippen LogP contribution in [0.5, 0.6) is 0 Å². The molecule has 0 radical (unpaired) electrons. The predicted octanol–water partition coefficient (Wildman–Crippen LogP) is 6.79. The maximum atomic E-state index is 6.45. The fourth-order valence-electron chi connectivity index (χ4n) is 4.33. The van der Waals surface area contributed by atoms with E-state index in [1.807, 2.05) is 12.1 Å². The number of hydrogen-bond donors (Lipinski definition) is 1. The lowest BCUT2D eigenvalue weighted by atomic mass is 9.96. The smallest absolute Gasteiger partial charge is 0.199 e. The summed E-state index contributed by atoms with van der Waals surface area (Å²) in [6.07, 6.45) is -0.390. The van der Waals surface area contributed by atoms with Gasteiger partial charge in [-0.15, -0.1) is 0 Å². The highest BCUT2D eigenvalue weighted by Gasteiger charge is 2.20. The van der Waals surface area contributed by atoms with Crippen molar-refractivity contribution in [2.24, 2.45) is 9.98 Å². The van der Waals surface area contributed by atoms with Gasteiger partial charge < -0.3 is 5.32 Å². The zero-order valence-electron chi connectivity index (χ0n) is 16.6. The molecule has 0 bridgehead atoms. The van der Waals surface area contributed by atoms with Crippen molar-refractivity contribution in [1.29, 1.82) is 0 Å². The van der Waals surface area contributed by atoms with Gasteiger partial charge >= 0.3 is 0 Å². The van der Waals surface area contributed by atoms with Gasteiger partial charge in [-0.05, 0) is 61.6 Å². The van der Waals surface area contributed by atoms with Crippen molar-refractivity contribution in [2.45, 2.75) is 6.17 Å². The van der Waals surface area contributed by atoms with Crippen molar-refractivity contribution in [1.82, 2.24) is 5.32 Å². The molecule has 31 heavy (non-hydrogen) atoms. The highest BCUT2D eigenvalue weighted by molar-refractivity contribution is 6.66. The maximum Gasteiger partial charge on any atom is 0.199 e. The normalized spacial score (nSPS) is 16.2. The van der Waals surface area contributed by atoms with E-state index in [4.69, 9.17) is 16.6 Å². The molecule has 0 saturated heterocycles. The lowest BCUT2D eigenvalue weighted by molar-refractivity contribution is 0.761. The monoisotopic (exact) mass is 419 g/mol. The van der Waals surface area contributed by atoms with E-state index < -0.39 is 6.17 Å². The quantitative estimate of drug-likeness (QED) is 0.248. The molecule has 3 nitrogen and oxygen atoms in total. The predicted molar refractivity (Wildman–Crippen MR) is 131 cm³/mol. The van der Waals surface area contributed by atoms with Crippen LogP contribution in [0.1, 0.15) is 17.3 Å². The van der Waals surface area contributed by atoms with Crippen LogP contribution in [0, 0.1) is 0 Å². The van der Waals surface area contributed by atoms with Crippen molar-refractivity contribution < 1.29 is 0 Å². The van der Waals surface area contributed by atoms with Gasteiger partial charge in [0, 0.05) is 5.56 Å². The highest BCUT2D eigenvalue weighted by Crippen LogP contribution is 2.31. The average molecular weight is 420 g/mol. The molecule has 0 saturated carbocycles. The van der Waals surface area contributed by atoms with Gasteiger partial charge in [0.15, 0.2) is 11.5 Å². The van der Waals surface area contributed by atoms with E-state index >= 15 is 0 Å². The van der Waals surface area contributed by atoms with Crippen molar-refractivity contribution in [2.75, 3.05) is 0 Å². The third kappa shape index (κ3) is 3.15. The van der Waals surface area contributed by atoms with E-state index in [1.54, 1.807) is 0 Å². The molecule has 4 heteroatoms. The van der Waals surface area contributed by atoms with Crippen LogP contribution in [0.3, 0.4) is 0 Å². The molecule has 0 fully saturated rings. The summed E-state index contributed by atoms with van der Waals surface area (Å²) in [5.74, 6) is 0.736. The molecule has 148 valence electrons. The SMILES string of the molecule is ClC1=NC(c2ccc3ccccc3c2)N=C(c2cc3ccccc3c3ccccc23)N1. The number of fused-ring (bicyclic) bond motifs is 4. The van der Waals surface area contributed by atoms with Gasteiger partial charge in [0.1, 0.15) is 5.84 Å². The zero-order chi connectivity index (χ0) is 20.8. The molecule has 5 aromatic rings. The Labute approximate surface area is 184 Å². The molecule has 0 aliphatic carbocycles. The Balaban J connectivity index is 1.53. The van der Waals surface area contributed by atoms with Crippen molar-refractivity contribution in [3.63, 3.8) is 0 Å². The van der Waals surface area contributed by atoms with Crippen molar-refractivity contribution in [3.8, 4) is 0 Å². The fraction of sp³-hybridized carbons (Fsp3) is 0.0370. The van der Waals surface area contributed by atoms with Gasteiger partial charge in [0.2, 0.25) is 0 Å². The Kier molecular flexibility index (Phi) is 4.22. The molecule has 1 aliphatic heterocycles. The Morgan fingerprint density at radius 1 is 0.613 bits per heavy atom. The van der Waals surface area contributed by atoms with Crippen LogP contribution in [-0.4, -0.2) is 11.1 Å². The first kappa shape index (κ1) is 18.1. The van der Waals surface area contributed by atoms with Crippen molar-refractivity contribution in [3.05, 3.63) is 108 Å². The Hall–Kier alpha value is -3.69. The van der Waals surface area contributed by atoms with Gasteiger partial charge in [-0.3, -0.25) is 0 Å². The number of nitrogens with one attached hydrogen (secondary N) is 1. The van der Waals surface area contributed by atoms with E-state index in [2.05, 4.69) is 95.2 Å². The summed E-state index contributed by atoms with van der Waals surface area (Å²) in [4.78, 5) is 9.53. The van der Waals surface area contributed by atoms with E-state index in [1.165, 1.54) is 21.5 Å². The number of rotatable bonds is 2. The molecule has 0 spiro atoms. The van der Waals surface area contributed by atoms with Gasteiger partial charge in [0.25, 0.3) is 0 Å². The summed E-state index contributed by atoms with van der Waals surface area (Å²) in [5, 5.41) is 10.6. The fourth-order valence-corrected chi connectivity index (χ4v) is 4.51. The number of hydrogen-bond acceptors (Lipinski definition) is 3. The Morgan fingerprint density at radius 2 is 1.29 bits per heavy atom. The van der Waals surface area contributed by atoms with E-state index in [0.717, 1.165) is 27.7 Å². The molecule has 1 unspecified atom stereocenters. The lowest BCUT2D eigenvalue weighted by Crippen LogP contribution is -2.32. The second-order valence-corrected chi connectivity index (χ2v) is 8.05. The average Bonchev–Trinajstić information content (AvgIpc) is 2.83.